The zero-order chi connectivity index (χ0) is 17.3. The molecule has 24 heavy (non-hydrogen) atoms. The number of carbonyl (C=O) groups excluding carboxylic acids is 1. The first-order valence-electron chi connectivity index (χ1n) is 7.90. The van der Waals surface area contributed by atoms with E-state index in [1.807, 2.05) is 19.9 Å². The van der Waals surface area contributed by atoms with Crippen LogP contribution in [-0.2, 0) is 0 Å². The number of rotatable bonds is 5. The highest BCUT2D eigenvalue weighted by Gasteiger charge is 2.36. The van der Waals surface area contributed by atoms with Gasteiger partial charge in [0.05, 0.1) is 30.0 Å². The van der Waals surface area contributed by atoms with Crippen molar-refractivity contribution in [2.75, 3.05) is 7.11 Å². The number of amides is 1. The van der Waals surface area contributed by atoms with Crippen molar-refractivity contribution in [1.29, 1.82) is 0 Å². The van der Waals surface area contributed by atoms with E-state index in [4.69, 9.17) is 4.74 Å². The van der Waals surface area contributed by atoms with Gasteiger partial charge in [-0.3, -0.25) is 4.79 Å². The van der Waals surface area contributed by atoms with Crippen LogP contribution < -0.4 is 10.1 Å². The number of aliphatic hydroxyl groups is 1. The molecule has 0 saturated heterocycles. The van der Waals surface area contributed by atoms with Gasteiger partial charge in [0.1, 0.15) is 4.88 Å². The molecular weight excluding hydrogens is 326 g/mol. The van der Waals surface area contributed by atoms with Gasteiger partial charge < -0.3 is 15.2 Å². The quantitative estimate of drug-likeness (QED) is 0.868. The highest BCUT2D eigenvalue weighted by atomic mass is 32.1. The largest absolute Gasteiger partial charge is 0.481 e. The molecule has 0 spiro atoms. The minimum atomic E-state index is -0.284. The molecule has 128 valence electrons. The molecule has 1 fully saturated rings. The Morgan fingerprint density at radius 2 is 2.17 bits per heavy atom. The number of nitrogens with zero attached hydrogens (tertiary/aromatic N) is 2. The second-order valence-electron chi connectivity index (χ2n) is 6.12. The van der Waals surface area contributed by atoms with Crippen molar-refractivity contribution in [1.82, 2.24) is 15.3 Å². The number of methoxy groups -OCH3 is 1. The number of thiazole rings is 1. The second-order valence-corrected chi connectivity index (χ2v) is 7.32. The Labute approximate surface area is 144 Å². The molecule has 0 bridgehead atoms. The van der Waals surface area contributed by atoms with Crippen LogP contribution in [0.25, 0.3) is 0 Å². The molecule has 3 rings (SSSR count). The lowest BCUT2D eigenvalue weighted by Crippen LogP contribution is -2.41. The molecule has 0 aliphatic heterocycles. The van der Waals surface area contributed by atoms with Crippen LogP contribution in [0.2, 0.25) is 0 Å². The molecule has 6 nitrogen and oxygen atoms in total. The molecule has 1 saturated carbocycles. The Kier molecular flexibility index (Phi) is 4.82. The van der Waals surface area contributed by atoms with Crippen molar-refractivity contribution in [3.63, 3.8) is 0 Å². The number of ether oxygens (including phenoxy) is 1. The first-order valence-corrected chi connectivity index (χ1v) is 8.72. The number of pyridine rings is 1. The SMILES string of the molecule is COc1ccc([C@@H](NC(=O)c2sc(C)nc2C)C2CC(O)C2)cn1. The van der Waals surface area contributed by atoms with E-state index < -0.39 is 0 Å². The van der Waals surface area contributed by atoms with Crippen molar-refractivity contribution in [3.8, 4) is 5.88 Å². The van der Waals surface area contributed by atoms with Crippen molar-refractivity contribution in [3.05, 3.63) is 39.5 Å². The van der Waals surface area contributed by atoms with Gasteiger partial charge in [-0.15, -0.1) is 11.3 Å². The summed E-state index contributed by atoms with van der Waals surface area (Å²) in [6.07, 6.45) is 2.79. The van der Waals surface area contributed by atoms with E-state index in [0.717, 1.165) is 16.3 Å². The highest BCUT2D eigenvalue weighted by molar-refractivity contribution is 7.13. The first-order chi connectivity index (χ1) is 11.5. The fourth-order valence-electron chi connectivity index (χ4n) is 3.02. The third-order valence-electron chi connectivity index (χ3n) is 4.34. The third kappa shape index (κ3) is 3.42. The second kappa shape index (κ2) is 6.86. The molecule has 2 heterocycles. The van der Waals surface area contributed by atoms with Gasteiger partial charge in [0.2, 0.25) is 5.88 Å². The number of hydrogen-bond donors (Lipinski definition) is 2. The van der Waals surface area contributed by atoms with Gasteiger partial charge in [0.25, 0.3) is 5.91 Å². The van der Waals surface area contributed by atoms with Crippen LogP contribution in [0.3, 0.4) is 0 Å². The fourth-order valence-corrected chi connectivity index (χ4v) is 3.84. The van der Waals surface area contributed by atoms with Crippen molar-refractivity contribution >= 4 is 17.2 Å². The van der Waals surface area contributed by atoms with Crippen molar-refractivity contribution < 1.29 is 14.6 Å². The Morgan fingerprint density at radius 1 is 1.42 bits per heavy atom. The summed E-state index contributed by atoms with van der Waals surface area (Å²) in [7, 11) is 1.57. The lowest BCUT2D eigenvalue weighted by atomic mass is 9.75. The summed E-state index contributed by atoms with van der Waals surface area (Å²) >= 11 is 1.40. The molecule has 0 radical (unpaired) electrons. The van der Waals surface area contributed by atoms with Crippen molar-refractivity contribution in [2.24, 2.45) is 5.92 Å². The van der Waals surface area contributed by atoms with Gasteiger partial charge >= 0.3 is 0 Å². The third-order valence-corrected chi connectivity index (χ3v) is 5.42. The van der Waals surface area contributed by atoms with E-state index in [9.17, 15) is 9.90 Å². The van der Waals surface area contributed by atoms with Crippen LogP contribution in [0.4, 0.5) is 0 Å². The molecule has 2 N–H and O–H groups in total. The number of carbonyl (C=O) groups is 1. The van der Waals surface area contributed by atoms with E-state index in [2.05, 4.69) is 15.3 Å². The van der Waals surface area contributed by atoms with Crippen molar-refractivity contribution in [2.45, 2.75) is 38.8 Å². The normalized spacial score (nSPS) is 21.0. The topological polar surface area (TPSA) is 84.3 Å². The Bertz CT molecular complexity index is 723. The summed E-state index contributed by atoms with van der Waals surface area (Å²) < 4.78 is 5.09. The molecule has 1 aliphatic carbocycles. The molecule has 2 aromatic heterocycles. The average Bonchev–Trinajstić information content (AvgIpc) is 2.88. The summed E-state index contributed by atoms with van der Waals surface area (Å²) in [5.41, 5.74) is 1.66. The number of nitrogens with one attached hydrogen (secondary N) is 1. The Morgan fingerprint density at radius 3 is 2.67 bits per heavy atom. The summed E-state index contributed by atoms with van der Waals surface area (Å²) in [5.74, 6) is 0.611. The zero-order valence-corrected chi connectivity index (χ0v) is 14.8. The summed E-state index contributed by atoms with van der Waals surface area (Å²) in [4.78, 5) is 21.8. The molecule has 2 aromatic rings. The smallest absolute Gasteiger partial charge is 0.263 e. The number of aromatic nitrogens is 2. The zero-order valence-electron chi connectivity index (χ0n) is 13.9. The number of hydrogen-bond acceptors (Lipinski definition) is 6. The minimum Gasteiger partial charge on any atom is -0.481 e. The minimum absolute atomic E-state index is 0.125. The highest BCUT2D eigenvalue weighted by Crippen LogP contribution is 2.38. The van der Waals surface area contributed by atoms with Gasteiger partial charge in [-0.25, -0.2) is 9.97 Å². The van der Waals surface area contributed by atoms with Crippen LogP contribution in [0.15, 0.2) is 18.3 Å². The molecule has 0 aromatic carbocycles. The Balaban J connectivity index is 1.82. The van der Waals surface area contributed by atoms with Crippen LogP contribution in [0, 0.1) is 19.8 Å². The number of aryl methyl sites for hydroxylation is 2. The van der Waals surface area contributed by atoms with Gasteiger partial charge in [0.15, 0.2) is 0 Å². The fraction of sp³-hybridized carbons (Fsp3) is 0.471. The molecular formula is C17H21N3O3S. The van der Waals surface area contributed by atoms with Crippen LogP contribution >= 0.6 is 11.3 Å². The summed E-state index contributed by atoms with van der Waals surface area (Å²) in [6, 6.07) is 3.51. The summed E-state index contributed by atoms with van der Waals surface area (Å²) in [6.45, 7) is 3.73. The van der Waals surface area contributed by atoms with E-state index in [1.165, 1.54) is 11.3 Å². The van der Waals surface area contributed by atoms with Gasteiger partial charge in [-0.2, -0.15) is 0 Å². The lowest BCUT2D eigenvalue weighted by molar-refractivity contribution is 0.0235. The van der Waals surface area contributed by atoms with Crippen LogP contribution in [0.1, 0.15) is 44.8 Å². The molecule has 1 amide bonds. The monoisotopic (exact) mass is 347 g/mol. The molecule has 1 aliphatic rings. The summed E-state index contributed by atoms with van der Waals surface area (Å²) in [5, 5.41) is 13.6. The maximum atomic E-state index is 12.7. The Hall–Kier alpha value is -1.99. The molecule has 0 unspecified atom stereocenters. The maximum absolute atomic E-state index is 12.7. The van der Waals surface area contributed by atoms with E-state index >= 15 is 0 Å². The average molecular weight is 347 g/mol. The lowest BCUT2D eigenvalue weighted by Gasteiger charge is -2.38. The standard InChI is InChI=1S/C17H21N3O3S/c1-9-16(24-10(2)19-9)17(22)20-15(12-6-13(21)7-12)11-4-5-14(23-3)18-8-11/h4-5,8,12-13,15,21H,6-7H2,1-3H3,(H,20,22)/t12?,13?,15-/m1/s1. The van der Waals surface area contributed by atoms with Gasteiger partial charge in [0, 0.05) is 12.3 Å². The van der Waals surface area contributed by atoms with E-state index in [-0.39, 0.29) is 24.0 Å². The van der Waals surface area contributed by atoms with Gasteiger partial charge in [-0.05, 0) is 38.2 Å². The molecule has 7 heteroatoms. The van der Waals surface area contributed by atoms with Crippen LogP contribution in [-0.4, -0.2) is 34.2 Å². The van der Waals surface area contributed by atoms with Gasteiger partial charge in [-0.1, -0.05) is 6.07 Å². The predicted octanol–water partition coefficient (Wildman–Crippen LogP) is 2.41. The predicted molar refractivity (Wildman–Crippen MR) is 91.3 cm³/mol. The number of aliphatic hydroxyl groups excluding tert-OH is 1. The van der Waals surface area contributed by atoms with E-state index in [0.29, 0.717) is 23.6 Å². The molecule has 1 atom stereocenters. The first kappa shape index (κ1) is 16.9. The maximum Gasteiger partial charge on any atom is 0.263 e. The van der Waals surface area contributed by atoms with E-state index in [1.54, 1.807) is 19.4 Å². The van der Waals surface area contributed by atoms with Crippen LogP contribution in [0.5, 0.6) is 5.88 Å².